The molecular weight excluding hydrogens is 450 g/mol. The van der Waals surface area contributed by atoms with Crippen LogP contribution in [0.3, 0.4) is 0 Å². The number of amides is 2. The molecule has 4 rings (SSSR count). The maximum Gasteiger partial charge on any atom is 0.261 e. The number of aromatic nitrogens is 1. The molecule has 1 aliphatic rings. The first kappa shape index (κ1) is 22.0. The van der Waals surface area contributed by atoms with Crippen molar-refractivity contribution in [3.63, 3.8) is 0 Å². The molecule has 0 bridgehead atoms. The van der Waals surface area contributed by atoms with Gasteiger partial charge in [-0.3, -0.25) is 15.0 Å². The standard InChI is InChI=1S/C22H22ClN5O3S/c23-18-6-5-17(32-18)21(30)26-11-16-12-31-22(27-16)15-3-1-13(2-4-15)19(24)28-9-7-14(8-10-28)20(25)29/h1-6,12,14,24H,7-11H2,(H2,25,29)(H,26,30). The van der Waals surface area contributed by atoms with Gasteiger partial charge in [0.25, 0.3) is 5.91 Å². The van der Waals surface area contributed by atoms with Crippen molar-refractivity contribution in [2.45, 2.75) is 19.4 Å². The van der Waals surface area contributed by atoms with Crippen LogP contribution in [0.5, 0.6) is 0 Å². The molecule has 1 saturated heterocycles. The molecule has 8 nitrogen and oxygen atoms in total. The van der Waals surface area contributed by atoms with Crippen LogP contribution in [0.4, 0.5) is 0 Å². The molecule has 4 N–H and O–H groups in total. The van der Waals surface area contributed by atoms with Gasteiger partial charge in [-0.05, 0) is 37.1 Å². The van der Waals surface area contributed by atoms with E-state index in [0.717, 1.165) is 11.1 Å². The number of hydrogen-bond donors (Lipinski definition) is 3. The van der Waals surface area contributed by atoms with E-state index < -0.39 is 0 Å². The fraction of sp³-hybridized carbons (Fsp3) is 0.273. The Bertz CT molecular complexity index is 1130. The lowest BCUT2D eigenvalue weighted by Gasteiger charge is -2.32. The second-order valence-corrected chi connectivity index (χ2v) is 9.24. The number of primary amides is 1. The number of halogens is 1. The van der Waals surface area contributed by atoms with Gasteiger partial charge in [-0.25, -0.2) is 4.98 Å². The van der Waals surface area contributed by atoms with Crippen LogP contribution in [-0.2, 0) is 11.3 Å². The third-order valence-corrected chi connectivity index (χ3v) is 6.63. The van der Waals surface area contributed by atoms with Crippen LogP contribution in [0.25, 0.3) is 11.5 Å². The van der Waals surface area contributed by atoms with Crippen molar-refractivity contribution in [2.24, 2.45) is 11.7 Å². The maximum atomic E-state index is 12.1. The summed E-state index contributed by atoms with van der Waals surface area (Å²) in [6.45, 7) is 1.52. The quantitative estimate of drug-likeness (QED) is 0.374. The van der Waals surface area contributed by atoms with Gasteiger partial charge >= 0.3 is 0 Å². The number of nitrogens with zero attached hydrogens (tertiary/aromatic N) is 2. The maximum absolute atomic E-state index is 12.1. The zero-order valence-corrected chi connectivity index (χ0v) is 18.7. The molecule has 3 heterocycles. The second kappa shape index (κ2) is 9.54. The Morgan fingerprint density at radius 2 is 1.94 bits per heavy atom. The van der Waals surface area contributed by atoms with E-state index in [2.05, 4.69) is 10.3 Å². The van der Waals surface area contributed by atoms with E-state index in [1.165, 1.54) is 17.6 Å². The minimum atomic E-state index is -0.263. The van der Waals surface area contributed by atoms with Crippen LogP contribution >= 0.6 is 22.9 Å². The number of carbonyl (C=O) groups excluding carboxylic acids is 2. The molecule has 32 heavy (non-hydrogen) atoms. The van der Waals surface area contributed by atoms with E-state index in [0.29, 0.717) is 52.6 Å². The first-order valence-electron chi connectivity index (χ1n) is 10.1. The summed E-state index contributed by atoms with van der Waals surface area (Å²) in [6, 6.07) is 10.8. The molecule has 0 unspecified atom stereocenters. The molecule has 166 valence electrons. The lowest BCUT2D eigenvalue weighted by Crippen LogP contribution is -2.41. The number of nitrogens with two attached hydrogens (primary N) is 1. The van der Waals surface area contributed by atoms with Crippen molar-refractivity contribution in [3.05, 3.63) is 63.1 Å². The summed E-state index contributed by atoms with van der Waals surface area (Å²) in [4.78, 5) is 30.4. The average molecular weight is 472 g/mol. The summed E-state index contributed by atoms with van der Waals surface area (Å²) in [5.41, 5.74) is 7.54. The largest absolute Gasteiger partial charge is 0.444 e. The van der Waals surface area contributed by atoms with Gasteiger partial charge in [-0.15, -0.1) is 11.3 Å². The van der Waals surface area contributed by atoms with E-state index in [9.17, 15) is 9.59 Å². The van der Waals surface area contributed by atoms with Gasteiger partial charge in [-0.2, -0.15) is 0 Å². The Morgan fingerprint density at radius 3 is 2.56 bits per heavy atom. The van der Waals surface area contributed by atoms with Crippen molar-refractivity contribution in [3.8, 4) is 11.5 Å². The Labute approximate surface area is 193 Å². The molecule has 0 radical (unpaired) electrons. The van der Waals surface area contributed by atoms with Gasteiger partial charge < -0.3 is 20.4 Å². The molecule has 2 amide bonds. The first-order chi connectivity index (χ1) is 15.4. The van der Waals surface area contributed by atoms with E-state index in [-0.39, 0.29) is 24.3 Å². The smallest absolute Gasteiger partial charge is 0.261 e. The van der Waals surface area contributed by atoms with E-state index in [4.69, 9.17) is 27.2 Å². The third kappa shape index (κ3) is 5.00. The molecule has 1 aromatic carbocycles. The zero-order chi connectivity index (χ0) is 22.7. The molecular formula is C22H22ClN5O3S. The van der Waals surface area contributed by atoms with Crippen LogP contribution in [0.2, 0.25) is 4.34 Å². The summed E-state index contributed by atoms with van der Waals surface area (Å²) >= 11 is 7.08. The summed E-state index contributed by atoms with van der Waals surface area (Å²) in [7, 11) is 0. The molecule has 1 fully saturated rings. The summed E-state index contributed by atoms with van der Waals surface area (Å²) < 4.78 is 6.12. The molecule has 3 aromatic rings. The lowest BCUT2D eigenvalue weighted by atomic mass is 9.95. The van der Waals surface area contributed by atoms with Gasteiger partial charge in [0.1, 0.15) is 12.1 Å². The second-order valence-electron chi connectivity index (χ2n) is 7.52. The van der Waals surface area contributed by atoms with Crippen molar-refractivity contribution < 1.29 is 14.0 Å². The predicted octanol–water partition coefficient (Wildman–Crippen LogP) is 3.51. The normalized spacial score (nSPS) is 14.3. The number of amidine groups is 1. The number of thiophene rings is 1. The van der Waals surface area contributed by atoms with Crippen LogP contribution in [0.1, 0.15) is 33.8 Å². The molecule has 0 saturated carbocycles. The first-order valence-corrected chi connectivity index (χ1v) is 11.3. The Kier molecular flexibility index (Phi) is 6.57. The highest BCUT2D eigenvalue weighted by Gasteiger charge is 2.25. The minimum absolute atomic E-state index is 0.103. The zero-order valence-electron chi connectivity index (χ0n) is 17.1. The highest BCUT2D eigenvalue weighted by Crippen LogP contribution is 2.23. The molecule has 0 aliphatic carbocycles. The molecule has 10 heteroatoms. The summed E-state index contributed by atoms with van der Waals surface area (Å²) in [6.07, 6.45) is 2.85. The molecule has 2 aromatic heterocycles. The van der Waals surface area contributed by atoms with Crippen LogP contribution in [-0.4, -0.2) is 40.6 Å². The van der Waals surface area contributed by atoms with Crippen LogP contribution in [0, 0.1) is 11.3 Å². The highest BCUT2D eigenvalue weighted by molar-refractivity contribution is 7.17. The van der Waals surface area contributed by atoms with Crippen molar-refractivity contribution in [2.75, 3.05) is 13.1 Å². The van der Waals surface area contributed by atoms with Gasteiger partial charge in [-0.1, -0.05) is 23.7 Å². The topological polar surface area (TPSA) is 125 Å². The van der Waals surface area contributed by atoms with Gasteiger partial charge in [0, 0.05) is 30.1 Å². The predicted molar refractivity (Wildman–Crippen MR) is 123 cm³/mol. The van der Waals surface area contributed by atoms with Crippen molar-refractivity contribution >= 4 is 40.6 Å². The van der Waals surface area contributed by atoms with Gasteiger partial charge in [0.2, 0.25) is 11.8 Å². The molecule has 0 atom stereocenters. The number of rotatable bonds is 6. The van der Waals surface area contributed by atoms with Crippen LogP contribution < -0.4 is 11.1 Å². The Balaban J connectivity index is 1.34. The Morgan fingerprint density at radius 1 is 1.22 bits per heavy atom. The van der Waals surface area contributed by atoms with Crippen molar-refractivity contribution in [1.29, 1.82) is 5.41 Å². The number of nitrogens with one attached hydrogen (secondary N) is 2. The number of piperidine rings is 1. The lowest BCUT2D eigenvalue weighted by molar-refractivity contribution is -0.122. The number of hydrogen-bond acceptors (Lipinski definition) is 6. The number of oxazole rings is 1. The van der Waals surface area contributed by atoms with E-state index >= 15 is 0 Å². The summed E-state index contributed by atoms with van der Waals surface area (Å²) in [5, 5.41) is 11.3. The monoisotopic (exact) mass is 471 g/mol. The molecule has 0 spiro atoms. The highest BCUT2D eigenvalue weighted by atomic mass is 35.5. The number of benzene rings is 1. The van der Waals surface area contributed by atoms with Crippen molar-refractivity contribution in [1.82, 2.24) is 15.2 Å². The van der Waals surface area contributed by atoms with Gasteiger partial charge in [0.05, 0.1) is 21.5 Å². The van der Waals surface area contributed by atoms with Gasteiger partial charge in [0.15, 0.2) is 0 Å². The fourth-order valence-electron chi connectivity index (χ4n) is 3.56. The Hall–Kier alpha value is -3.17. The number of likely N-dealkylation sites (tertiary alicyclic amines) is 1. The molecule has 1 aliphatic heterocycles. The number of carbonyl (C=O) groups is 2. The van der Waals surface area contributed by atoms with E-state index in [1.807, 2.05) is 29.2 Å². The average Bonchev–Trinajstić information content (AvgIpc) is 3.46. The fourth-order valence-corrected chi connectivity index (χ4v) is 4.52. The SMILES string of the molecule is N=C(c1ccc(-c2nc(CNC(=O)c3ccc(Cl)s3)co2)cc1)N1CCC(C(N)=O)CC1. The van der Waals surface area contributed by atoms with E-state index in [1.54, 1.807) is 12.1 Å². The van der Waals surface area contributed by atoms with Crippen LogP contribution in [0.15, 0.2) is 47.1 Å². The summed E-state index contributed by atoms with van der Waals surface area (Å²) in [5.74, 6) is 0.279. The third-order valence-electron chi connectivity index (χ3n) is 5.40. The minimum Gasteiger partial charge on any atom is -0.444 e.